The van der Waals surface area contributed by atoms with Crippen molar-refractivity contribution in [3.05, 3.63) is 55.4 Å². The number of halogens is 2. The molecule has 0 spiro atoms. The molecule has 0 aliphatic heterocycles. The van der Waals surface area contributed by atoms with Crippen LogP contribution in [-0.2, 0) is 0 Å². The molecule has 3 aromatic rings. The van der Waals surface area contributed by atoms with E-state index in [-0.39, 0.29) is 17.1 Å². The van der Waals surface area contributed by atoms with Crippen LogP contribution >= 0.6 is 22.6 Å². The fourth-order valence-corrected chi connectivity index (χ4v) is 2.87. The van der Waals surface area contributed by atoms with E-state index in [1.165, 1.54) is 0 Å². The normalized spacial score (nSPS) is 10.7. The third-order valence-electron chi connectivity index (χ3n) is 3.39. The number of nitro benzene ring substituents is 1. The SMILES string of the molecule is Cc1cc(I)ccc1Nc1cc(F)c([N+](=O)[O-])cc1-c1nnc(O)o1. The van der Waals surface area contributed by atoms with Crippen LogP contribution in [0.2, 0.25) is 0 Å². The summed E-state index contributed by atoms with van der Waals surface area (Å²) in [4.78, 5) is 10.1. The number of nitrogens with zero attached hydrogens (tertiary/aromatic N) is 3. The van der Waals surface area contributed by atoms with Gasteiger partial charge in [0.15, 0.2) is 0 Å². The maximum absolute atomic E-state index is 14.1. The van der Waals surface area contributed by atoms with Crippen LogP contribution in [-0.4, -0.2) is 20.2 Å². The van der Waals surface area contributed by atoms with Crippen molar-refractivity contribution in [1.82, 2.24) is 10.2 Å². The van der Waals surface area contributed by atoms with Crippen LogP contribution in [0.1, 0.15) is 5.56 Å². The van der Waals surface area contributed by atoms with Crippen molar-refractivity contribution in [2.24, 2.45) is 0 Å². The Kier molecular flexibility index (Phi) is 4.53. The summed E-state index contributed by atoms with van der Waals surface area (Å²) in [5.74, 6) is -1.19. The van der Waals surface area contributed by atoms with Crippen LogP contribution in [0, 0.1) is 26.4 Å². The first-order valence-electron chi connectivity index (χ1n) is 6.89. The van der Waals surface area contributed by atoms with Crippen LogP contribution in [0.5, 0.6) is 6.08 Å². The molecule has 25 heavy (non-hydrogen) atoms. The zero-order valence-electron chi connectivity index (χ0n) is 12.7. The number of rotatable bonds is 4. The van der Waals surface area contributed by atoms with E-state index in [1.807, 2.05) is 19.1 Å². The Morgan fingerprint density at radius 3 is 2.64 bits per heavy atom. The Balaban J connectivity index is 2.14. The molecule has 1 aromatic heterocycles. The highest BCUT2D eigenvalue weighted by Crippen LogP contribution is 2.36. The largest absolute Gasteiger partial charge is 0.465 e. The van der Waals surface area contributed by atoms with Crippen molar-refractivity contribution < 1.29 is 18.8 Å². The summed E-state index contributed by atoms with van der Waals surface area (Å²) >= 11 is 2.16. The molecule has 0 bridgehead atoms. The monoisotopic (exact) mass is 456 g/mol. The van der Waals surface area contributed by atoms with Gasteiger partial charge in [0.1, 0.15) is 0 Å². The molecule has 0 radical (unpaired) electrons. The Bertz CT molecular complexity index is 976. The number of hydrogen-bond acceptors (Lipinski definition) is 7. The van der Waals surface area contributed by atoms with Gasteiger partial charge in [-0.25, -0.2) is 0 Å². The summed E-state index contributed by atoms with van der Waals surface area (Å²) in [6, 6.07) is 7.53. The molecule has 128 valence electrons. The van der Waals surface area contributed by atoms with E-state index >= 15 is 0 Å². The number of nitrogens with one attached hydrogen (secondary N) is 1. The molecule has 0 saturated heterocycles. The standard InChI is InChI=1S/C15H10FIN4O4/c1-7-4-8(17)2-3-11(7)18-12-6-10(16)13(21(23)24)5-9(12)14-19-20-15(22)25-14/h2-6,18H,1H3,(H,20,22). The van der Waals surface area contributed by atoms with Crippen LogP contribution in [0.15, 0.2) is 34.7 Å². The van der Waals surface area contributed by atoms with Crippen molar-refractivity contribution >= 4 is 39.7 Å². The van der Waals surface area contributed by atoms with Gasteiger partial charge in [-0.1, -0.05) is 5.10 Å². The Labute approximate surface area is 154 Å². The molecule has 3 rings (SSSR count). The molecular weight excluding hydrogens is 446 g/mol. The minimum Gasteiger partial charge on any atom is -0.465 e. The van der Waals surface area contributed by atoms with Crippen LogP contribution in [0.25, 0.3) is 11.5 Å². The second-order valence-corrected chi connectivity index (χ2v) is 6.33. The van der Waals surface area contributed by atoms with Gasteiger partial charge in [-0.15, -0.1) is 5.10 Å². The molecule has 0 saturated carbocycles. The quantitative estimate of drug-likeness (QED) is 0.345. The summed E-state index contributed by atoms with van der Waals surface area (Å²) in [7, 11) is 0. The summed E-state index contributed by atoms with van der Waals surface area (Å²) < 4.78 is 20.0. The topological polar surface area (TPSA) is 114 Å². The maximum atomic E-state index is 14.1. The molecule has 2 N–H and O–H groups in total. The molecule has 0 aliphatic rings. The smallest absolute Gasteiger partial charge is 0.412 e. The summed E-state index contributed by atoms with van der Waals surface area (Å²) in [6.45, 7) is 1.87. The number of aromatic hydroxyl groups is 1. The molecule has 2 aromatic carbocycles. The lowest BCUT2D eigenvalue weighted by Gasteiger charge is -2.13. The van der Waals surface area contributed by atoms with Gasteiger partial charge < -0.3 is 14.8 Å². The van der Waals surface area contributed by atoms with Crippen molar-refractivity contribution in [2.45, 2.75) is 6.92 Å². The van der Waals surface area contributed by atoms with E-state index in [2.05, 4.69) is 38.1 Å². The molecular formula is C15H10FIN4O4. The van der Waals surface area contributed by atoms with Gasteiger partial charge in [0.25, 0.3) is 5.89 Å². The molecule has 0 aliphatic carbocycles. The minimum atomic E-state index is -1.01. The highest BCUT2D eigenvalue weighted by atomic mass is 127. The van der Waals surface area contributed by atoms with Gasteiger partial charge in [0.2, 0.25) is 5.82 Å². The first-order chi connectivity index (χ1) is 11.8. The van der Waals surface area contributed by atoms with Crippen LogP contribution in [0.3, 0.4) is 0 Å². The molecule has 0 atom stereocenters. The summed E-state index contributed by atoms with van der Waals surface area (Å²) in [6.07, 6.45) is -0.696. The Morgan fingerprint density at radius 2 is 2.04 bits per heavy atom. The second-order valence-electron chi connectivity index (χ2n) is 5.08. The number of benzene rings is 2. The fourth-order valence-electron chi connectivity index (χ4n) is 2.22. The second kappa shape index (κ2) is 6.63. The molecule has 0 amide bonds. The van der Waals surface area contributed by atoms with Gasteiger partial charge in [-0.05, 0) is 53.3 Å². The zero-order valence-corrected chi connectivity index (χ0v) is 14.8. The molecule has 1 heterocycles. The first kappa shape index (κ1) is 17.1. The molecule has 0 unspecified atom stereocenters. The van der Waals surface area contributed by atoms with E-state index in [0.29, 0.717) is 5.69 Å². The first-order valence-corrected chi connectivity index (χ1v) is 7.97. The average molecular weight is 456 g/mol. The van der Waals surface area contributed by atoms with E-state index in [4.69, 9.17) is 4.42 Å². The van der Waals surface area contributed by atoms with Crippen molar-refractivity contribution in [2.75, 3.05) is 5.32 Å². The predicted molar refractivity (Wildman–Crippen MR) is 95.2 cm³/mol. The summed E-state index contributed by atoms with van der Waals surface area (Å²) in [5, 5.41) is 30.2. The van der Waals surface area contributed by atoms with Gasteiger partial charge >= 0.3 is 11.8 Å². The Hall–Kier alpha value is -2.76. The van der Waals surface area contributed by atoms with Gasteiger partial charge in [0.05, 0.1) is 16.2 Å². The lowest BCUT2D eigenvalue weighted by Crippen LogP contribution is -2.00. The number of aryl methyl sites for hydroxylation is 1. The zero-order chi connectivity index (χ0) is 18.1. The van der Waals surface area contributed by atoms with Crippen LogP contribution in [0.4, 0.5) is 21.5 Å². The lowest BCUT2D eigenvalue weighted by atomic mass is 10.1. The third-order valence-corrected chi connectivity index (χ3v) is 4.06. The minimum absolute atomic E-state index is 0.0962. The number of hydrogen-bond donors (Lipinski definition) is 2. The van der Waals surface area contributed by atoms with Crippen molar-refractivity contribution in [3.8, 4) is 17.5 Å². The average Bonchev–Trinajstić information content (AvgIpc) is 2.96. The van der Waals surface area contributed by atoms with Gasteiger partial charge in [-0.2, -0.15) is 4.39 Å². The van der Waals surface area contributed by atoms with Crippen molar-refractivity contribution in [3.63, 3.8) is 0 Å². The fraction of sp³-hybridized carbons (Fsp3) is 0.0667. The van der Waals surface area contributed by atoms with E-state index in [0.717, 1.165) is 21.3 Å². The molecule has 10 heteroatoms. The third kappa shape index (κ3) is 3.52. The number of nitro groups is 1. The van der Waals surface area contributed by atoms with Gasteiger partial charge in [0, 0.05) is 21.4 Å². The maximum Gasteiger partial charge on any atom is 0.412 e. The highest BCUT2D eigenvalue weighted by molar-refractivity contribution is 14.1. The lowest BCUT2D eigenvalue weighted by molar-refractivity contribution is -0.387. The van der Waals surface area contributed by atoms with E-state index in [1.54, 1.807) is 6.07 Å². The predicted octanol–water partition coefficient (Wildman–Crippen LogP) is 4.15. The van der Waals surface area contributed by atoms with Gasteiger partial charge in [-0.3, -0.25) is 10.1 Å². The number of anilines is 2. The van der Waals surface area contributed by atoms with E-state index in [9.17, 15) is 19.6 Å². The summed E-state index contributed by atoms with van der Waals surface area (Å²) in [5.41, 5.74) is 1.12. The Morgan fingerprint density at radius 1 is 1.28 bits per heavy atom. The molecule has 0 fully saturated rings. The van der Waals surface area contributed by atoms with E-state index < -0.39 is 22.5 Å². The highest BCUT2D eigenvalue weighted by Gasteiger charge is 2.22. The van der Waals surface area contributed by atoms with Crippen LogP contribution < -0.4 is 5.32 Å². The molecule has 8 nitrogen and oxygen atoms in total. The van der Waals surface area contributed by atoms with Crippen molar-refractivity contribution in [1.29, 1.82) is 0 Å². The number of aromatic nitrogens is 2.